The molecule has 436 valence electrons. The molecule has 4 aromatic rings. The van der Waals surface area contributed by atoms with Gasteiger partial charge in [-0.15, -0.1) is 0 Å². The second-order valence-corrected chi connectivity index (χ2v) is 23.0. The Balaban J connectivity index is 0.757. The molecule has 5 atom stereocenters. The van der Waals surface area contributed by atoms with Crippen LogP contribution in [-0.2, 0) is 84.2 Å². The van der Waals surface area contributed by atoms with Gasteiger partial charge in [0.05, 0.1) is 60.6 Å². The van der Waals surface area contributed by atoms with E-state index in [1.165, 1.54) is 15.5 Å². The van der Waals surface area contributed by atoms with Gasteiger partial charge in [0.25, 0.3) is 5.56 Å². The van der Waals surface area contributed by atoms with Crippen LogP contribution in [0.15, 0.2) is 47.3 Å². The largest absolute Gasteiger partial charge is 0.458 e. The summed E-state index contributed by atoms with van der Waals surface area (Å²) >= 11 is 0. The van der Waals surface area contributed by atoms with E-state index in [4.69, 9.17) is 14.5 Å². The van der Waals surface area contributed by atoms with Gasteiger partial charge in [0.2, 0.25) is 47.3 Å². The zero-order chi connectivity index (χ0) is 58.8. The standard InChI is InChI=1S/C59H70FN9O13/c1-6-59(80)37-22-43-51-35(28-69(43)55(77)36(37)29-81-57(59)79)50-40(19-18-34-31(2)39(60)24-41(66-51)49(34)50)67-54(76)52(33-16-17-33)82-30-64-46(72)26-63-53(75)42(21-32-13-9-7-10-14-32)65-47(73)27-62-45(71)25-61-44(70)15-11-8-12-20-68-48(74)23-38(56(68)78)58(3,4)5/h7,9-10,13-14,22,24,33,38,40,42,52,80H,6,8,11-12,15-21,23,25-30H2,1-5H3,(H,61,70)(H,62,71)(H,63,75)(H,64,72)(H,65,73)(H,67,76)/t38?,40-,42-,52+,59-/m0/s1. The summed E-state index contributed by atoms with van der Waals surface area (Å²) in [6.45, 7) is 7.30. The summed E-state index contributed by atoms with van der Waals surface area (Å²) in [6, 6.07) is 9.93. The number of imide groups is 1. The number of esters is 1. The van der Waals surface area contributed by atoms with Crippen molar-refractivity contribution in [3.8, 4) is 11.4 Å². The predicted molar refractivity (Wildman–Crippen MR) is 293 cm³/mol. The number of unbranched alkanes of at least 4 members (excludes halogenated alkanes) is 2. The molecule has 82 heavy (non-hydrogen) atoms. The van der Waals surface area contributed by atoms with Crippen molar-refractivity contribution in [1.29, 1.82) is 0 Å². The minimum atomic E-state index is -2.06. The van der Waals surface area contributed by atoms with Gasteiger partial charge in [0.1, 0.15) is 31.3 Å². The molecule has 2 fully saturated rings. The number of hydrogen-bond acceptors (Lipinski definition) is 14. The van der Waals surface area contributed by atoms with Crippen LogP contribution in [0.4, 0.5) is 4.39 Å². The van der Waals surface area contributed by atoms with E-state index in [-0.39, 0.29) is 91.5 Å². The van der Waals surface area contributed by atoms with E-state index in [1.54, 1.807) is 50.2 Å². The van der Waals surface area contributed by atoms with Crippen molar-refractivity contribution in [3.63, 3.8) is 0 Å². The summed E-state index contributed by atoms with van der Waals surface area (Å²) in [4.78, 5) is 137. The third-order valence-electron chi connectivity index (χ3n) is 16.4. The molecule has 5 heterocycles. The molecule has 5 aliphatic rings. The van der Waals surface area contributed by atoms with E-state index in [2.05, 4.69) is 31.9 Å². The van der Waals surface area contributed by atoms with Crippen LogP contribution >= 0.6 is 0 Å². The number of hydrogen-bond donors (Lipinski definition) is 7. The van der Waals surface area contributed by atoms with Crippen LogP contribution in [0.5, 0.6) is 0 Å². The molecule has 1 saturated carbocycles. The summed E-state index contributed by atoms with van der Waals surface area (Å²) in [5.74, 6) is -5.73. The maximum Gasteiger partial charge on any atom is 0.343 e. The van der Waals surface area contributed by atoms with Crippen LogP contribution in [0, 0.1) is 30.0 Å². The van der Waals surface area contributed by atoms with Gasteiger partial charge >= 0.3 is 5.97 Å². The molecule has 3 aliphatic heterocycles. The number of ether oxygens (including phenoxy) is 2. The second kappa shape index (κ2) is 24.3. The van der Waals surface area contributed by atoms with Crippen LogP contribution in [0.1, 0.15) is 130 Å². The highest BCUT2D eigenvalue weighted by atomic mass is 19.1. The number of cyclic esters (lactones) is 1. The summed E-state index contributed by atoms with van der Waals surface area (Å²) in [5, 5.41) is 27.9. The van der Waals surface area contributed by atoms with Crippen LogP contribution in [0.2, 0.25) is 0 Å². The lowest BCUT2D eigenvalue weighted by molar-refractivity contribution is -0.172. The van der Waals surface area contributed by atoms with E-state index in [9.17, 15) is 53.1 Å². The van der Waals surface area contributed by atoms with Crippen LogP contribution < -0.4 is 37.5 Å². The van der Waals surface area contributed by atoms with Crippen molar-refractivity contribution in [2.45, 2.75) is 142 Å². The Morgan fingerprint density at radius 2 is 1.57 bits per heavy atom. The Bertz CT molecular complexity index is 3320. The number of halogens is 1. The highest BCUT2D eigenvalue weighted by Crippen LogP contribution is 2.46. The number of aromatic nitrogens is 2. The third-order valence-corrected chi connectivity index (χ3v) is 16.4. The van der Waals surface area contributed by atoms with E-state index in [1.807, 2.05) is 20.8 Å². The monoisotopic (exact) mass is 1130 g/mol. The number of carbonyl (C=O) groups excluding carboxylic acids is 9. The van der Waals surface area contributed by atoms with E-state index < -0.39 is 97.0 Å². The van der Waals surface area contributed by atoms with Gasteiger partial charge < -0.3 is 51.0 Å². The number of pyridine rings is 2. The maximum absolute atomic E-state index is 15.5. The maximum atomic E-state index is 15.5. The first-order chi connectivity index (χ1) is 39.1. The highest BCUT2D eigenvalue weighted by molar-refractivity contribution is 6.04. The van der Waals surface area contributed by atoms with Gasteiger partial charge in [-0.25, -0.2) is 14.2 Å². The molecule has 1 saturated heterocycles. The van der Waals surface area contributed by atoms with Crippen molar-refractivity contribution in [2.24, 2.45) is 17.3 Å². The fourth-order valence-electron chi connectivity index (χ4n) is 11.5. The lowest BCUT2D eigenvalue weighted by Gasteiger charge is -2.31. The van der Waals surface area contributed by atoms with Crippen molar-refractivity contribution < 1.29 is 62.1 Å². The highest BCUT2D eigenvalue weighted by Gasteiger charge is 2.47. The number of fused-ring (bicyclic) bond motifs is 5. The van der Waals surface area contributed by atoms with Gasteiger partial charge in [-0.2, -0.15) is 0 Å². The molecule has 8 amide bonds. The molecule has 7 N–H and O–H groups in total. The number of rotatable bonds is 23. The molecule has 9 rings (SSSR count). The topological polar surface area (TPSA) is 303 Å². The number of nitrogens with one attached hydrogen (secondary N) is 6. The molecule has 23 heteroatoms. The third kappa shape index (κ3) is 12.4. The Hall–Kier alpha value is -7.92. The van der Waals surface area contributed by atoms with Gasteiger partial charge in [0.15, 0.2) is 5.60 Å². The van der Waals surface area contributed by atoms with Crippen LogP contribution in [-0.4, -0.2) is 118 Å². The number of benzene rings is 2. The van der Waals surface area contributed by atoms with Gasteiger partial charge in [-0.05, 0) is 91.5 Å². The Morgan fingerprint density at radius 1 is 0.866 bits per heavy atom. The average Bonchev–Trinajstić information content (AvgIpc) is 2.42. The Labute approximate surface area is 472 Å². The zero-order valence-corrected chi connectivity index (χ0v) is 46.7. The van der Waals surface area contributed by atoms with E-state index in [0.717, 1.165) is 5.56 Å². The van der Waals surface area contributed by atoms with Crippen LogP contribution in [0.25, 0.3) is 22.3 Å². The molecular weight excluding hydrogens is 1060 g/mol. The number of carbonyl (C=O) groups is 9. The van der Waals surface area contributed by atoms with Gasteiger partial charge in [0, 0.05) is 48.4 Å². The van der Waals surface area contributed by atoms with E-state index in [0.29, 0.717) is 89.5 Å². The Kier molecular flexibility index (Phi) is 17.4. The molecule has 2 aromatic heterocycles. The quantitative estimate of drug-likeness (QED) is 0.0214. The molecule has 2 aromatic carbocycles. The number of nitrogens with zero attached hydrogens (tertiary/aromatic N) is 3. The lowest BCUT2D eigenvalue weighted by Crippen LogP contribution is -2.52. The molecule has 22 nitrogen and oxygen atoms in total. The predicted octanol–water partition coefficient (Wildman–Crippen LogP) is 2.56. The lowest BCUT2D eigenvalue weighted by atomic mass is 9.80. The Morgan fingerprint density at radius 3 is 2.28 bits per heavy atom. The molecule has 2 aliphatic carbocycles. The van der Waals surface area contributed by atoms with Gasteiger partial charge in [-0.1, -0.05) is 64.4 Å². The fourth-order valence-corrected chi connectivity index (χ4v) is 11.5. The SMILES string of the molecule is CC[C@@]1(O)C(=O)OCc2c1cc1n(c2=O)Cc2c-1nc1cc(F)c(C)c3c1c2[C@@H](NC(=O)[C@H](OCNC(=O)CNC(=O)[C@H](Cc1ccccc1)NC(=O)CNC(=O)CNC(=O)CCCCCN1C(=O)CC(C(C)(C)C)C1=O)C1CC1)CC3. The van der Waals surface area contributed by atoms with Crippen molar-refractivity contribution in [3.05, 3.63) is 97.6 Å². The van der Waals surface area contributed by atoms with Crippen molar-refractivity contribution in [1.82, 2.24) is 46.4 Å². The summed E-state index contributed by atoms with van der Waals surface area (Å²) in [5.41, 5.74) is 1.65. The number of aryl methyl sites for hydroxylation is 1. The van der Waals surface area contributed by atoms with Gasteiger partial charge in [-0.3, -0.25) is 48.1 Å². The molecular formula is C59H70FN9O13. The number of amides is 8. The fraction of sp³-hybridized carbons (Fsp3) is 0.508. The van der Waals surface area contributed by atoms with Crippen molar-refractivity contribution >= 4 is 64.1 Å². The first kappa shape index (κ1) is 58.7. The number of aliphatic hydroxyl groups is 1. The molecule has 1 unspecified atom stereocenters. The number of likely N-dealkylation sites (tertiary alicyclic amines) is 1. The molecule has 0 bridgehead atoms. The van der Waals surface area contributed by atoms with E-state index >= 15 is 4.39 Å². The first-order valence-electron chi connectivity index (χ1n) is 28.1. The summed E-state index contributed by atoms with van der Waals surface area (Å²) in [7, 11) is 0. The minimum absolute atomic E-state index is 0.0402. The summed E-state index contributed by atoms with van der Waals surface area (Å²) < 4.78 is 28.3. The smallest absolute Gasteiger partial charge is 0.343 e. The summed E-state index contributed by atoms with van der Waals surface area (Å²) in [6.07, 6.45) is 3.08. The normalized spacial score (nSPS) is 19.5. The van der Waals surface area contributed by atoms with Crippen molar-refractivity contribution in [2.75, 3.05) is 32.9 Å². The minimum Gasteiger partial charge on any atom is -0.458 e. The second-order valence-electron chi connectivity index (χ2n) is 23.0. The molecule has 0 radical (unpaired) electrons. The average molecular weight is 1130 g/mol. The first-order valence-corrected chi connectivity index (χ1v) is 28.1. The molecule has 0 spiro atoms. The zero-order valence-electron chi connectivity index (χ0n) is 46.7. The van der Waals surface area contributed by atoms with Crippen LogP contribution in [0.3, 0.4) is 0 Å².